The van der Waals surface area contributed by atoms with Gasteiger partial charge in [0.2, 0.25) is 0 Å². The molecule has 3 nitrogen and oxygen atoms in total. The highest BCUT2D eigenvalue weighted by Crippen LogP contribution is 2.67. The fourth-order valence-corrected chi connectivity index (χ4v) is 5.44. The molecule has 13 heteroatoms. The number of Topliss-reactive ketones (excluding diaryl/α,β-unsaturated/α-hetero) is 1. The van der Waals surface area contributed by atoms with Crippen LogP contribution in [0.25, 0.3) is 5.57 Å². The van der Waals surface area contributed by atoms with Crippen LogP contribution >= 0.6 is 0 Å². The number of hydrogen-bond acceptors (Lipinski definition) is 3. The first-order valence-corrected chi connectivity index (χ1v) is 10.1. The van der Waals surface area contributed by atoms with Crippen molar-refractivity contribution in [3.8, 4) is 0 Å². The van der Waals surface area contributed by atoms with Gasteiger partial charge in [0.05, 0.1) is 12.0 Å². The van der Waals surface area contributed by atoms with Gasteiger partial charge in [0.15, 0.2) is 17.0 Å². The number of hydrogen-bond donors (Lipinski definition) is 2. The molecule has 0 unspecified atom stereocenters. The number of halogens is 10. The number of benzene rings is 2. The first-order chi connectivity index (χ1) is 16.3. The molecule has 0 radical (unpaired) electrons. The monoisotopic (exact) mass is 526 g/mol. The Hall–Kier alpha value is -2.93. The molecule has 4 aliphatic carbocycles. The van der Waals surface area contributed by atoms with Crippen LogP contribution in [-0.4, -0.2) is 27.8 Å². The van der Waals surface area contributed by atoms with Crippen molar-refractivity contribution in [3.05, 3.63) is 75.9 Å². The van der Waals surface area contributed by atoms with E-state index in [0.29, 0.717) is 24.3 Å². The van der Waals surface area contributed by atoms with Gasteiger partial charge in [-0.2, -0.15) is 35.1 Å². The topological polar surface area (TPSA) is 57.5 Å². The standard InChI is InChI=1S/C12H7F5O.C11H5F5O2/c1-5-4-10(18)9-6(2-3-7(13)8(5)9)11(14,15)12(10,16)17;12-5-2-1-4-8-7(5)6(17)3-9(8,18)11(15,16)10(4,13)14/h2-3,18H,1,4H2;1-2,18H,3H2/t10-;9-/m11/s1. The molecular weight excluding hydrogens is 514 g/mol. The molecule has 2 aromatic rings. The second-order valence-electron chi connectivity index (χ2n) is 9.09. The second kappa shape index (κ2) is 6.49. The van der Waals surface area contributed by atoms with Crippen LogP contribution in [0, 0.1) is 11.6 Å². The lowest BCUT2D eigenvalue weighted by atomic mass is 9.94. The minimum absolute atomic E-state index is 0.0953. The van der Waals surface area contributed by atoms with E-state index in [1.54, 1.807) is 0 Å². The minimum atomic E-state index is -4.84. The van der Waals surface area contributed by atoms with Gasteiger partial charge in [0.1, 0.15) is 11.6 Å². The van der Waals surface area contributed by atoms with E-state index >= 15 is 0 Å². The normalized spacial score (nSPS) is 30.7. The molecule has 0 saturated carbocycles. The van der Waals surface area contributed by atoms with Crippen LogP contribution in [-0.2, 0) is 23.0 Å². The van der Waals surface area contributed by atoms with Crippen LogP contribution < -0.4 is 0 Å². The zero-order valence-electron chi connectivity index (χ0n) is 17.5. The highest BCUT2D eigenvalue weighted by molar-refractivity contribution is 6.03. The SMILES string of the molecule is C=C1C[C@@]2(O)c3c(ccc(F)c31)C(F)(F)C2(F)F.O=C1C[C@@]2(O)c3c(ccc(F)c31)C(F)(F)C2(F)F. The molecule has 0 fully saturated rings. The Labute approximate surface area is 194 Å². The van der Waals surface area contributed by atoms with Gasteiger partial charge in [0, 0.05) is 34.2 Å². The van der Waals surface area contributed by atoms with Crippen LogP contribution in [0.2, 0.25) is 0 Å². The molecule has 0 heterocycles. The van der Waals surface area contributed by atoms with Crippen LogP contribution in [0.4, 0.5) is 43.9 Å². The molecule has 0 spiro atoms. The Balaban J connectivity index is 0.000000148. The fourth-order valence-electron chi connectivity index (χ4n) is 5.44. The Morgan fingerprint density at radius 2 is 1.06 bits per heavy atom. The molecule has 2 N–H and O–H groups in total. The summed E-state index contributed by atoms with van der Waals surface area (Å²) >= 11 is 0. The summed E-state index contributed by atoms with van der Waals surface area (Å²) in [7, 11) is 0. The molecule has 0 aromatic heterocycles. The van der Waals surface area contributed by atoms with Crippen molar-refractivity contribution in [2.24, 2.45) is 0 Å². The lowest BCUT2D eigenvalue weighted by molar-refractivity contribution is -0.283. The Bertz CT molecular complexity index is 1290. The van der Waals surface area contributed by atoms with Crippen LogP contribution in [0.15, 0.2) is 30.8 Å². The number of ketones is 1. The maximum absolute atomic E-state index is 13.7. The zero-order valence-corrected chi connectivity index (χ0v) is 17.5. The van der Waals surface area contributed by atoms with Gasteiger partial charge in [-0.1, -0.05) is 6.58 Å². The second-order valence-corrected chi connectivity index (χ2v) is 9.09. The summed E-state index contributed by atoms with van der Waals surface area (Å²) in [5, 5.41) is 19.7. The summed E-state index contributed by atoms with van der Waals surface area (Å²) in [5.74, 6) is -21.9. The Kier molecular flexibility index (Phi) is 4.46. The van der Waals surface area contributed by atoms with Crippen LogP contribution in [0.5, 0.6) is 0 Å². The average Bonchev–Trinajstić information content (AvgIpc) is 3.28. The maximum Gasteiger partial charge on any atom is 0.347 e. The minimum Gasteiger partial charge on any atom is -0.378 e. The van der Waals surface area contributed by atoms with Gasteiger partial charge in [-0.3, -0.25) is 4.79 Å². The van der Waals surface area contributed by atoms with Crippen molar-refractivity contribution in [1.29, 1.82) is 0 Å². The van der Waals surface area contributed by atoms with E-state index in [4.69, 9.17) is 0 Å². The van der Waals surface area contributed by atoms with Gasteiger partial charge in [-0.25, -0.2) is 8.78 Å². The van der Waals surface area contributed by atoms with Crippen molar-refractivity contribution in [1.82, 2.24) is 0 Å². The average molecular weight is 526 g/mol. The summed E-state index contributed by atoms with van der Waals surface area (Å²) in [4.78, 5) is 11.4. The molecule has 0 aliphatic heterocycles. The van der Waals surface area contributed by atoms with Crippen molar-refractivity contribution >= 4 is 11.4 Å². The molecule has 4 aliphatic rings. The summed E-state index contributed by atoms with van der Waals surface area (Å²) < 4.78 is 136. The summed E-state index contributed by atoms with van der Waals surface area (Å²) in [6.07, 6.45) is -2.03. The van der Waals surface area contributed by atoms with E-state index in [1.165, 1.54) is 0 Å². The predicted molar refractivity (Wildman–Crippen MR) is 101 cm³/mol. The van der Waals surface area contributed by atoms with E-state index in [9.17, 15) is 58.9 Å². The van der Waals surface area contributed by atoms with E-state index in [2.05, 4.69) is 6.58 Å². The largest absolute Gasteiger partial charge is 0.378 e. The smallest absolute Gasteiger partial charge is 0.347 e. The third-order valence-electron chi connectivity index (χ3n) is 7.16. The molecule has 36 heavy (non-hydrogen) atoms. The van der Waals surface area contributed by atoms with E-state index in [-0.39, 0.29) is 5.57 Å². The summed E-state index contributed by atoms with van der Waals surface area (Å²) in [6.45, 7) is 3.36. The first kappa shape index (κ1) is 24.8. The van der Waals surface area contributed by atoms with E-state index in [1.807, 2.05) is 0 Å². The predicted octanol–water partition coefficient (Wildman–Crippen LogP) is 5.51. The Morgan fingerprint density at radius 1 is 0.667 bits per heavy atom. The van der Waals surface area contributed by atoms with Crippen molar-refractivity contribution in [2.75, 3.05) is 0 Å². The fraction of sp³-hybridized carbons (Fsp3) is 0.348. The number of carbonyl (C=O) groups excluding carboxylic acids is 1. The highest BCUT2D eigenvalue weighted by Gasteiger charge is 2.79. The van der Waals surface area contributed by atoms with Crippen molar-refractivity contribution in [3.63, 3.8) is 0 Å². The first-order valence-electron chi connectivity index (χ1n) is 10.1. The van der Waals surface area contributed by atoms with E-state index < -0.39 is 98.5 Å². The molecule has 2 aromatic carbocycles. The highest BCUT2D eigenvalue weighted by atomic mass is 19.3. The van der Waals surface area contributed by atoms with Crippen LogP contribution in [0.1, 0.15) is 51.0 Å². The number of rotatable bonds is 0. The van der Waals surface area contributed by atoms with E-state index in [0.717, 1.165) is 0 Å². The maximum atomic E-state index is 13.7. The molecule has 6 rings (SSSR count). The van der Waals surface area contributed by atoms with Crippen molar-refractivity contribution < 1.29 is 58.9 Å². The molecule has 0 amide bonds. The number of carbonyl (C=O) groups is 1. The summed E-state index contributed by atoms with van der Waals surface area (Å²) in [6, 6.07) is 2.31. The molecule has 2 atom stereocenters. The molecule has 0 saturated heterocycles. The third kappa shape index (κ3) is 2.36. The Morgan fingerprint density at radius 3 is 1.53 bits per heavy atom. The quantitative estimate of drug-likeness (QED) is 0.446. The zero-order chi connectivity index (χ0) is 27.0. The van der Waals surface area contributed by atoms with Gasteiger partial charge in [-0.15, -0.1) is 0 Å². The van der Waals surface area contributed by atoms with Gasteiger partial charge < -0.3 is 10.2 Å². The van der Waals surface area contributed by atoms with Gasteiger partial charge >= 0.3 is 23.7 Å². The van der Waals surface area contributed by atoms with Gasteiger partial charge in [-0.05, 0) is 29.8 Å². The van der Waals surface area contributed by atoms with Gasteiger partial charge in [0.25, 0.3) is 0 Å². The molecule has 0 bridgehead atoms. The molecule has 192 valence electrons. The molecular formula is C23H12F10O3. The lowest BCUT2D eigenvalue weighted by Gasteiger charge is -2.30. The van der Waals surface area contributed by atoms with Crippen molar-refractivity contribution in [2.45, 2.75) is 47.7 Å². The summed E-state index contributed by atoms with van der Waals surface area (Å²) in [5.41, 5.74) is -11.6. The number of alkyl halides is 8. The lowest BCUT2D eigenvalue weighted by Crippen LogP contribution is -2.48. The third-order valence-corrected chi connectivity index (χ3v) is 7.16. The number of aliphatic hydroxyl groups is 2. The van der Waals surface area contributed by atoms with Crippen LogP contribution in [0.3, 0.4) is 0 Å².